The van der Waals surface area contributed by atoms with Crippen molar-refractivity contribution in [3.05, 3.63) is 89.4 Å². The highest BCUT2D eigenvalue weighted by molar-refractivity contribution is 5.91. The van der Waals surface area contributed by atoms with Gasteiger partial charge in [0.05, 0.1) is 12.2 Å². The van der Waals surface area contributed by atoms with Gasteiger partial charge < -0.3 is 10.1 Å². The smallest absolute Gasteiger partial charge is 0.244 e. The summed E-state index contributed by atoms with van der Waals surface area (Å²) in [6.45, 7) is 2.46. The zero-order chi connectivity index (χ0) is 20.2. The molecule has 5 heteroatoms. The number of hydrogen-bond donors (Lipinski definition) is 1. The van der Waals surface area contributed by atoms with E-state index in [4.69, 9.17) is 4.74 Å². The summed E-state index contributed by atoms with van der Waals surface area (Å²) in [5.41, 5.74) is 5.05. The number of carbonyl (C=O) groups excluding carboxylic acids is 1. The van der Waals surface area contributed by atoms with Crippen molar-refractivity contribution in [1.29, 1.82) is 0 Å². The van der Waals surface area contributed by atoms with Gasteiger partial charge in [0.15, 0.2) is 0 Å². The number of aromatic nitrogens is 1. The Kier molecular flexibility index (Phi) is 5.38. The van der Waals surface area contributed by atoms with E-state index in [1.54, 1.807) is 24.4 Å². The molecule has 4 nitrogen and oxygen atoms in total. The minimum Gasteiger partial charge on any atom is -0.488 e. The van der Waals surface area contributed by atoms with E-state index in [9.17, 15) is 9.18 Å². The van der Waals surface area contributed by atoms with Crippen molar-refractivity contribution in [2.75, 3.05) is 6.54 Å². The second-order valence-corrected chi connectivity index (χ2v) is 7.07. The maximum Gasteiger partial charge on any atom is 0.244 e. The van der Waals surface area contributed by atoms with Crippen LogP contribution in [0.25, 0.3) is 17.3 Å². The predicted molar refractivity (Wildman–Crippen MR) is 111 cm³/mol. The number of nitrogens with one attached hydrogen (secondary N) is 1. The molecule has 1 aliphatic rings. The Morgan fingerprint density at radius 2 is 2.07 bits per heavy atom. The monoisotopic (exact) mass is 388 g/mol. The van der Waals surface area contributed by atoms with Crippen LogP contribution < -0.4 is 10.1 Å². The molecule has 1 unspecified atom stereocenters. The van der Waals surface area contributed by atoms with Crippen LogP contribution in [0, 0.1) is 12.7 Å². The molecule has 4 rings (SSSR count). The minimum atomic E-state index is -0.300. The lowest BCUT2D eigenvalue weighted by Gasteiger charge is -2.10. The molecule has 0 bridgehead atoms. The Morgan fingerprint density at radius 3 is 2.86 bits per heavy atom. The number of rotatable bonds is 5. The maximum absolute atomic E-state index is 12.9. The summed E-state index contributed by atoms with van der Waals surface area (Å²) in [6.07, 6.45) is 5.52. The van der Waals surface area contributed by atoms with Gasteiger partial charge in [0.25, 0.3) is 0 Å². The Balaban J connectivity index is 1.34. The van der Waals surface area contributed by atoms with Crippen LogP contribution in [0.15, 0.2) is 66.9 Å². The first-order chi connectivity index (χ1) is 14.1. The summed E-state index contributed by atoms with van der Waals surface area (Å²) < 4.78 is 18.9. The van der Waals surface area contributed by atoms with E-state index in [2.05, 4.69) is 16.4 Å². The van der Waals surface area contributed by atoms with Crippen molar-refractivity contribution < 1.29 is 13.9 Å². The molecule has 0 spiro atoms. The lowest BCUT2D eigenvalue weighted by Crippen LogP contribution is -2.33. The number of aryl methyl sites for hydroxylation is 1. The number of ether oxygens (including phenoxy) is 1. The van der Waals surface area contributed by atoms with E-state index in [0.717, 1.165) is 40.1 Å². The molecule has 0 fully saturated rings. The van der Waals surface area contributed by atoms with E-state index < -0.39 is 0 Å². The molecule has 0 aliphatic carbocycles. The largest absolute Gasteiger partial charge is 0.488 e. The third-order valence-electron chi connectivity index (χ3n) is 4.89. The van der Waals surface area contributed by atoms with Crippen LogP contribution in [0.5, 0.6) is 5.75 Å². The molecule has 3 aromatic rings. The standard InChI is InChI=1S/C24H21FN2O2/c1-16-3-2-12-26-24(16)18-7-10-22-19(13-18)14-21(29-22)15-27-23(28)11-6-17-4-8-20(25)9-5-17/h2-13,21H,14-15H2,1H3,(H,27,28)/b11-6+. The summed E-state index contributed by atoms with van der Waals surface area (Å²) in [6, 6.07) is 16.0. The van der Waals surface area contributed by atoms with Crippen LogP contribution in [0.4, 0.5) is 4.39 Å². The van der Waals surface area contributed by atoms with Gasteiger partial charge in [-0.2, -0.15) is 0 Å². The van der Waals surface area contributed by atoms with Crippen LogP contribution >= 0.6 is 0 Å². The van der Waals surface area contributed by atoms with Crippen molar-refractivity contribution in [2.24, 2.45) is 0 Å². The van der Waals surface area contributed by atoms with Gasteiger partial charge in [0.1, 0.15) is 17.7 Å². The second-order valence-electron chi connectivity index (χ2n) is 7.07. The molecule has 0 saturated heterocycles. The van der Waals surface area contributed by atoms with Gasteiger partial charge >= 0.3 is 0 Å². The molecule has 1 aromatic heterocycles. The average molecular weight is 388 g/mol. The number of amides is 1. The van der Waals surface area contributed by atoms with E-state index in [1.807, 2.05) is 31.2 Å². The molecule has 1 amide bonds. The maximum atomic E-state index is 12.9. The van der Waals surface area contributed by atoms with Gasteiger partial charge in [-0.25, -0.2) is 4.39 Å². The van der Waals surface area contributed by atoms with E-state index in [1.165, 1.54) is 18.2 Å². The molecular weight excluding hydrogens is 367 g/mol. The number of nitrogens with zero attached hydrogens (tertiary/aromatic N) is 1. The first kappa shape index (κ1) is 18.9. The van der Waals surface area contributed by atoms with Crippen LogP contribution in [0.1, 0.15) is 16.7 Å². The van der Waals surface area contributed by atoms with E-state index in [0.29, 0.717) is 6.54 Å². The minimum absolute atomic E-state index is 0.103. The Hall–Kier alpha value is -3.47. The number of benzene rings is 2. The van der Waals surface area contributed by atoms with Gasteiger partial charge in [0.2, 0.25) is 5.91 Å². The SMILES string of the molecule is Cc1cccnc1-c1ccc2c(c1)CC(CNC(=O)/C=C/c1ccc(F)cc1)O2. The van der Waals surface area contributed by atoms with Gasteiger partial charge in [0, 0.05) is 24.3 Å². The first-order valence-electron chi connectivity index (χ1n) is 9.51. The normalized spacial score (nSPS) is 15.2. The lowest BCUT2D eigenvalue weighted by molar-refractivity contribution is -0.116. The third-order valence-corrected chi connectivity index (χ3v) is 4.89. The number of hydrogen-bond acceptors (Lipinski definition) is 3. The van der Waals surface area contributed by atoms with Crippen molar-refractivity contribution >= 4 is 12.0 Å². The Bertz CT molecular complexity index is 1060. The summed E-state index contributed by atoms with van der Waals surface area (Å²) in [4.78, 5) is 16.5. The second kappa shape index (κ2) is 8.27. The summed E-state index contributed by atoms with van der Waals surface area (Å²) in [7, 11) is 0. The predicted octanol–water partition coefficient (Wildman–Crippen LogP) is 4.33. The number of pyridine rings is 1. The lowest BCUT2D eigenvalue weighted by atomic mass is 10.0. The fourth-order valence-corrected chi connectivity index (χ4v) is 3.39. The Morgan fingerprint density at radius 1 is 1.24 bits per heavy atom. The highest BCUT2D eigenvalue weighted by Crippen LogP contribution is 2.33. The van der Waals surface area contributed by atoms with Gasteiger partial charge in [-0.05, 0) is 66.1 Å². The van der Waals surface area contributed by atoms with Crippen molar-refractivity contribution in [3.8, 4) is 17.0 Å². The molecule has 1 N–H and O–H groups in total. The fraction of sp³-hybridized carbons (Fsp3) is 0.167. The van der Waals surface area contributed by atoms with Crippen LogP contribution in [-0.4, -0.2) is 23.5 Å². The molecule has 2 aromatic carbocycles. The third kappa shape index (κ3) is 4.51. The highest BCUT2D eigenvalue weighted by atomic mass is 19.1. The molecule has 0 saturated carbocycles. The number of fused-ring (bicyclic) bond motifs is 1. The quantitative estimate of drug-likeness (QED) is 0.662. The van der Waals surface area contributed by atoms with E-state index >= 15 is 0 Å². The first-order valence-corrected chi connectivity index (χ1v) is 9.51. The molecule has 29 heavy (non-hydrogen) atoms. The topological polar surface area (TPSA) is 51.2 Å². The van der Waals surface area contributed by atoms with Gasteiger partial charge in [-0.15, -0.1) is 0 Å². The van der Waals surface area contributed by atoms with Crippen LogP contribution in [0.2, 0.25) is 0 Å². The van der Waals surface area contributed by atoms with Crippen molar-refractivity contribution in [1.82, 2.24) is 10.3 Å². The summed E-state index contributed by atoms with van der Waals surface area (Å²) in [5.74, 6) is 0.341. The van der Waals surface area contributed by atoms with Gasteiger partial charge in [-0.1, -0.05) is 18.2 Å². The van der Waals surface area contributed by atoms with E-state index in [-0.39, 0.29) is 17.8 Å². The van der Waals surface area contributed by atoms with Crippen LogP contribution in [-0.2, 0) is 11.2 Å². The molecule has 1 aliphatic heterocycles. The molecule has 146 valence electrons. The molecule has 2 heterocycles. The fourth-order valence-electron chi connectivity index (χ4n) is 3.39. The van der Waals surface area contributed by atoms with Gasteiger partial charge in [-0.3, -0.25) is 9.78 Å². The summed E-state index contributed by atoms with van der Waals surface area (Å²) >= 11 is 0. The van der Waals surface area contributed by atoms with Crippen LogP contribution in [0.3, 0.4) is 0 Å². The number of carbonyl (C=O) groups is 1. The molecular formula is C24H21FN2O2. The number of halogens is 1. The Labute approximate surface area is 169 Å². The molecule has 1 atom stereocenters. The summed E-state index contributed by atoms with van der Waals surface area (Å²) in [5, 5.41) is 2.86. The van der Waals surface area contributed by atoms with Crippen molar-refractivity contribution in [3.63, 3.8) is 0 Å². The highest BCUT2D eigenvalue weighted by Gasteiger charge is 2.23. The zero-order valence-corrected chi connectivity index (χ0v) is 16.1. The molecule has 0 radical (unpaired) electrons. The zero-order valence-electron chi connectivity index (χ0n) is 16.1. The van der Waals surface area contributed by atoms with Crippen molar-refractivity contribution in [2.45, 2.75) is 19.4 Å². The average Bonchev–Trinajstić information content (AvgIpc) is 3.14.